The molecule has 0 atom stereocenters. The van der Waals surface area contributed by atoms with Crippen LogP contribution in [0.15, 0.2) is 58.5 Å². The molecule has 3 amide bonds. The molecule has 25 heavy (non-hydrogen) atoms. The second-order valence-corrected chi connectivity index (χ2v) is 5.51. The van der Waals surface area contributed by atoms with E-state index >= 15 is 0 Å². The monoisotopic (exact) mass is 333 g/mol. The maximum atomic E-state index is 12.5. The van der Waals surface area contributed by atoms with Gasteiger partial charge in [0, 0.05) is 0 Å². The average Bonchev–Trinajstić information content (AvgIpc) is 2.98. The fourth-order valence-electron chi connectivity index (χ4n) is 2.69. The lowest BCUT2D eigenvalue weighted by Gasteiger charge is -2.09. The predicted octanol–water partition coefficient (Wildman–Crippen LogP) is 1.88. The van der Waals surface area contributed by atoms with Gasteiger partial charge in [0.15, 0.2) is 5.75 Å². The fraction of sp³-hybridized carbons (Fsp3) is 0. The van der Waals surface area contributed by atoms with Crippen molar-refractivity contribution >= 4 is 28.4 Å². The van der Waals surface area contributed by atoms with E-state index in [1.54, 1.807) is 6.07 Å². The van der Waals surface area contributed by atoms with Crippen LogP contribution in [0.1, 0.15) is 10.4 Å². The quantitative estimate of drug-likeness (QED) is 0.622. The molecule has 0 bridgehead atoms. The number of phenols is 2. The lowest BCUT2D eigenvalue weighted by atomic mass is 10.1. The van der Waals surface area contributed by atoms with E-state index in [2.05, 4.69) is 15.3 Å². The Morgan fingerprint density at radius 2 is 1.68 bits per heavy atom. The van der Waals surface area contributed by atoms with Crippen LogP contribution < -0.4 is 16.0 Å². The summed E-state index contributed by atoms with van der Waals surface area (Å²) in [4.78, 5) is 30.9. The van der Waals surface area contributed by atoms with E-state index in [9.17, 15) is 19.8 Å². The summed E-state index contributed by atoms with van der Waals surface area (Å²) >= 11 is 0. The van der Waals surface area contributed by atoms with Crippen molar-refractivity contribution < 1.29 is 19.8 Å². The Labute approximate surface area is 140 Å². The number of fused-ring (bicyclic) bond motifs is 2. The van der Waals surface area contributed by atoms with Crippen molar-refractivity contribution in [1.29, 1.82) is 0 Å². The highest BCUT2D eigenvalue weighted by molar-refractivity contribution is 6.09. The zero-order chi connectivity index (χ0) is 17.6. The molecule has 3 N–H and O–H groups in total. The highest BCUT2D eigenvalue weighted by Gasteiger charge is 2.17. The van der Waals surface area contributed by atoms with Crippen LogP contribution in [0, 0.1) is 0 Å². The molecular formula is C18H11N3O4. The molecule has 0 aliphatic carbocycles. The van der Waals surface area contributed by atoms with Gasteiger partial charge >= 0.3 is 6.03 Å². The number of rotatable bonds is 2. The fourth-order valence-corrected chi connectivity index (χ4v) is 2.69. The van der Waals surface area contributed by atoms with Crippen LogP contribution in [0.3, 0.4) is 0 Å². The Kier molecular flexibility index (Phi) is 3.21. The third kappa shape index (κ3) is 2.47. The Hall–Kier alpha value is -3.74. The number of anilines is 1. The summed E-state index contributed by atoms with van der Waals surface area (Å²) in [5.74, 6) is -1.12. The largest absolute Gasteiger partial charge is 0.507 e. The number of carbonyl (C=O) groups is 2. The van der Waals surface area contributed by atoms with Gasteiger partial charge in [0.1, 0.15) is 11.1 Å². The highest BCUT2D eigenvalue weighted by Crippen LogP contribution is 2.26. The van der Waals surface area contributed by atoms with Gasteiger partial charge in [0.2, 0.25) is 0 Å². The standard InChI is InChI=1S/C18H11N3O4/c22-14-8-10-4-2-1-3-9(10)7-11(14)17(24)19-13-6-5-12-15(16(13)23)21-18(25)20-12/h1-8,22-23H,(H,19,24). The van der Waals surface area contributed by atoms with Gasteiger partial charge in [-0.05, 0) is 35.0 Å². The van der Waals surface area contributed by atoms with Crippen LogP contribution in [-0.4, -0.2) is 22.2 Å². The molecule has 1 heterocycles. The summed E-state index contributed by atoms with van der Waals surface area (Å²) in [6, 6.07) is 12.6. The Morgan fingerprint density at radius 3 is 2.44 bits per heavy atom. The Bertz CT molecular complexity index is 1180. The third-order valence-electron chi connectivity index (χ3n) is 3.91. The Morgan fingerprint density at radius 1 is 0.960 bits per heavy atom. The van der Waals surface area contributed by atoms with E-state index < -0.39 is 11.9 Å². The summed E-state index contributed by atoms with van der Waals surface area (Å²) in [5, 5.41) is 24.7. The number of amides is 3. The zero-order valence-electron chi connectivity index (χ0n) is 12.7. The zero-order valence-corrected chi connectivity index (χ0v) is 12.7. The smallest absolute Gasteiger partial charge is 0.368 e. The van der Waals surface area contributed by atoms with Crippen molar-refractivity contribution in [3.8, 4) is 11.5 Å². The average molecular weight is 333 g/mol. The number of nitrogens with zero attached hydrogens (tertiary/aromatic N) is 2. The van der Waals surface area contributed by atoms with E-state index in [-0.39, 0.29) is 33.5 Å². The number of benzene rings is 3. The van der Waals surface area contributed by atoms with Crippen LogP contribution in [-0.2, 0) is 0 Å². The molecule has 3 aromatic rings. The van der Waals surface area contributed by atoms with E-state index in [0.717, 1.165) is 10.8 Å². The van der Waals surface area contributed by atoms with Gasteiger partial charge in [-0.25, -0.2) is 4.79 Å². The second kappa shape index (κ2) is 5.41. The number of hydrogen-bond donors (Lipinski definition) is 3. The van der Waals surface area contributed by atoms with E-state index in [1.165, 1.54) is 18.2 Å². The lowest BCUT2D eigenvalue weighted by Crippen LogP contribution is -2.23. The predicted molar refractivity (Wildman–Crippen MR) is 89.4 cm³/mol. The summed E-state index contributed by atoms with van der Waals surface area (Å²) in [6.45, 7) is 0. The first-order valence-corrected chi connectivity index (χ1v) is 7.39. The molecule has 0 unspecified atom stereocenters. The molecule has 0 saturated heterocycles. The van der Waals surface area contributed by atoms with Crippen LogP contribution >= 0.6 is 0 Å². The van der Waals surface area contributed by atoms with Crippen LogP contribution in [0.2, 0.25) is 0 Å². The van der Waals surface area contributed by atoms with Crippen molar-refractivity contribution in [2.45, 2.75) is 0 Å². The van der Waals surface area contributed by atoms with Crippen molar-refractivity contribution in [3.05, 3.63) is 64.8 Å². The van der Waals surface area contributed by atoms with Crippen LogP contribution in [0.4, 0.5) is 10.5 Å². The molecule has 0 fully saturated rings. The Balaban J connectivity index is 1.74. The molecular weight excluding hydrogens is 322 g/mol. The number of aromatic hydroxyl groups is 2. The van der Waals surface area contributed by atoms with Crippen molar-refractivity contribution in [3.63, 3.8) is 0 Å². The summed E-state index contributed by atoms with van der Waals surface area (Å²) in [5.41, 5.74) is 0.140. The minimum atomic E-state index is -0.707. The minimum Gasteiger partial charge on any atom is -0.507 e. The molecule has 0 spiro atoms. The highest BCUT2D eigenvalue weighted by atomic mass is 16.3. The number of carbonyl (C=O) groups excluding carboxylic acids is 2. The van der Waals surface area contributed by atoms with E-state index in [4.69, 9.17) is 0 Å². The van der Waals surface area contributed by atoms with E-state index in [1.807, 2.05) is 24.3 Å². The van der Waals surface area contributed by atoms with Gasteiger partial charge < -0.3 is 15.5 Å². The molecule has 7 nitrogen and oxygen atoms in total. The van der Waals surface area contributed by atoms with Crippen molar-refractivity contribution in [2.75, 3.05) is 5.32 Å². The number of hydrogen-bond acceptors (Lipinski definition) is 4. The summed E-state index contributed by atoms with van der Waals surface area (Å²) in [7, 11) is 0. The third-order valence-corrected chi connectivity index (χ3v) is 3.91. The van der Waals surface area contributed by atoms with Gasteiger partial charge in [-0.1, -0.05) is 24.3 Å². The van der Waals surface area contributed by atoms with Crippen LogP contribution in [0.5, 0.6) is 11.5 Å². The first-order chi connectivity index (χ1) is 12.0. The second-order valence-electron chi connectivity index (χ2n) is 5.51. The lowest BCUT2D eigenvalue weighted by molar-refractivity contribution is 0.102. The maximum Gasteiger partial charge on any atom is 0.368 e. The molecule has 0 saturated carbocycles. The number of nitrogens with one attached hydrogen (secondary N) is 1. The van der Waals surface area contributed by atoms with Gasteiger partial charge in [0.25, 0.3) is 5.91 Å². The summed E-state index contributed by atoms with van der Waals surface area (Å²) < 4.78 is 0. The van der Waals surface area contributed by atoms with E-state index in [0.29, 0.717) is 0 Å². The van der Waals surface area contributed by atoms with Gasteiger partial charge in [-0.3, -0.25) is 4.79 Å². The first kappa shape index (κ1) is 14.8. The number of urea groups is 1. The topological polar surface area (TPSA) is 111 Å². The minimum absolute atomic E-state index is 0.0190. The van der Waals surface area contributed by atoms with Gasteiger partial charge in [-0.15, -0.1) is 0 Å². The SMILES string of the molecule is O=C1N=c2ccc(NC(=O)c3cc4ccccc4cc3O)c(O)c2=N1. The normalized spacial score (nSPS) is 12.4. The first-order valence-electron chi connectivity index (χ1n) is 7.39. The summed E-state index contributed by atoms with van der Waals surface area (Å²) in [6.07, 6.45) is 0. The van der Waals surface area contributed by atoms with Gasteiger partial charge in [-0.2, -0.15) is 9.98 Å². The van der Waals surface area contributed by atoms with Crippen LogP contribution in [0.25, 0.3) is 10.8 Å². The molecule has 3 aromatic carbocycles. The van der Waals surface area contributed by atoms with Gasteiger partial charge in [0.05, 0.1) is 16.6 Å². The molecule has 1 aliphatic heterocycles. The molecule has 4 rings (SSSR count). The van der Waals surface area contributed by atoms with Crippen molar-refractivity contribution in [2.24, 2.45) is 9.98 Å². The molecule has 0 aromatic heterocycles. The maximum absolute atomic E-state index is 12.5. The molecule has 7 heteroatoms. The molecule has 122 valence electrons. The molecule has 0 radical (unpaired) electrons. The molecule has 1 aliphatic rings. The van der Waals surface area contributed by atoms with Crippen molar-refractivity contribution in [1.82, 2.24) is 0 Å². The number of phenolic OH excluding ortho intramolecular Hbond substituents is 2.